The lowest BCUT2D eigenvalue weighted by Gasteiger charge is -2.18. The number of hydrogen-bond donors (Lipinski definition) is 0. The first kappa shape index (κ1) is 65.6. The van der Waals surface area contributed by atoms with Gasteiger partial charge in [0.2, 0.25) is 0 Å². The minimum atomic E-state index is -0.799. The fourth-order valence-electron chi connectivity index (χ4n) is 7.92. The second kappa shape index (κ2) is 57.2. The highest BCUT2D eigenvalue weighted by atomic mass is 16.6. The Kier molecular flexibility index (Phi) is 54.3. The Balaban J connectivity index is 4.44. The van der Waals surface area contributed by atoms with Crippen LogP contribution >= 0.6 is 0 Å². The van der Waals surface area contributed by atoms with Crippen LogP contribution < -0.4 is 0 Å². The molecule has 0 aromatic carbocycles. The van der Waals surface area contributed by atoms with Gasteiger partial charge in [0.05, 0.1) is 0 Å². The lowest BCUT2D eigenvalue weighted by Crippen LogP contribution is -2.30. The van der Waals surface area contributed by atoms with Gasteiger partial charge in [0, 0.05) is 19.3 Å². The van der Waals surface area contributed by atoms with Crippen LogP contribution in [0.25, 0.3) is 0 Å². The van der Waals surface area contributed by atoms with Crippen LogP contribution in [-0.2, 0) is 28.6 Å². The molecule has 0 rings (SSSR count). The van der Waals surface area contributed by atoms with Crippen molar-refractivity contribution < 1.29 is 28.6 Å². The number of carbonyl (C=O) groups excluding carboxylic acids is 3. The minimum Gasteiger partial charge on any atom is -0.462 e. The maximum Gasteiger partial charge on any atom is 0.306 e. The van der Waals surface area contributed by atoms with Gasteiger partial charge in [0.15, 0.2) is 6.10 Å². The number of esters is 3. The van der Waals surface area contributed by atoms with Crippen molar-refractivity contribution in [3.63, 3.8) is 0 Å². The summed E-state index contributed by atoms with van der Waals surface area (Å²) in [4.78, 5) is 38.2. The summed E-state index contributed by atoms with van der Waals surface area (Å²) in [5.41, 5.74) is 0. The smallest absolute Gasteiger partial charge is 0.306 e. The first-order chi connectivity index (χ1) is 34.0. The van der Waals surface area contributed by atoms with Gasteiger partial charge in [-0.05, 0) is 122 Å². The summed E-state index contributed by atoms with van der Waals surface area (Å²) in [5.74, 6) is -0.940. The summed E-state index contributed by atoms with van der Waals surface area (Å²) in [6, 6.07) is 0. The zero-order valence-electron chi connectivity index (χ0n) is 45.3. The van der Waals surface area contributed by atoms with Crippen LogP contribution in [0.15, 0.2) is 85.1 Å². The average molecular weight is 962 g/mol. The Morgan fingerprint density at radius 1 is 0.290 bits per heavy atom. The maximum atomic E-state index is 12.9. The van der Waals surface area contributed by atoms with Crippen molar-refractivity contribution >= 4 is 17.9 Å². The minimum absolute atomic E-state index is 0.0940. The highest BCUT2D eigenvalue weighted by molar-refractivity contribution is 5.71. The zero-order valence-corrected chi connectivity index (χ0v) is 45.3. The molecule has 0 bridgehead atoms. The topological polar surface area (TPSA) is 78.9 Å². The van der Waals surface area contributed by atoms with E-state index < -0.39 is 6.10 Å². The molecule has 0 unspecified atom stereocenters. The van der Waals surface area contributed by atoms with E-state index in [4.69, 9.17) is 14.2 Å². The molecule has 0 fully saturated rings. The predicted molar refractivity (Wildman–Crippen MR) is 297 cm³/mol. The molecule has 0 heterocycles. The third-order valence-electron chi connectivity index (χ3n) is 12.3. The van der Waals surface area contributed by atoms with Crippen molar-refractivity contribution in [3.8, 4) is 0 Å². The molecular weight excluding hydrogens is 853 g/mol. The molecule has 0 aromatic heterocycles. The van der Waals surface area contributed by atoms with Crippen LogP contribution in [0.2, 0.25) is 0 Å². The summed E-state index contributed by atoms with van der Waals surface area (Å²) in [5, 5.41) is 0. The van der Waals surface area contributed by atoms with E-state index in [1.807, 2.05) is 0 Å². The van der Waals surface area contributed by atoms with Gasteiger partial charge < -0.3 is 14.2 Å². The number of unbranched alkanes of at least 4 members (excludes halogenated alkanes) is 27. The molecule has 69 heavy (non-hydrogen) atoms. The van der Waals surface area contributed by atoms with Gasteiger partial charge in [-0.2, -0.15) is 0 Å². The number of rotatable bonds is 52. The second-order valence-electron chi connectivity index (χ2n) is 19.2. The predicted octanol–water partition coefficient (Wildman–Crippen LogP) is 19.5. The van der Waals surface area contributed by atoms with E-state index in [9.17, 15) is 14.4 Å². The van der Waals surface area contributed by atoms with Gasteiger partial charge in [-0.25, -0.2) is 0 Å². The Morgan fingerprint density at radius 3 is 0.841 bits per heavy atom. The zero-order chi connectivity index (χ0) is 50.0. The van der Waals surface area contributed by atoms with Gasteiger partial charge in [0.25, 0.3) is 0 Å². The first-order valence-electron chi connectivity index (χ1n) is 29.1. The second-order valence-corrected chi connectivity index (χ2v) is 19.2. The van der Waals surface area contributed by atoms with E-state index in [2.05, 4.69) is 106 Å². The lowest BCUT2D eigenvalue weighted by molar-refractivity contribution is -0.167. The molecule has 0 N–H and O–H groups in total. The van der Waals surface area contributed by atoms with Crippen molar-refractivity contribution in [2.24, 2.45) is 0 Å². The van der Waals surface area contributed by atoms with E-state index in [1.165, 1.54) is 148 Å². The Morgan fingerprint density at radius 2 is 0.522 bits per heavy atom. The Hall–Kier alpha value is -3.41. The lowest BCUT2D eigenvalue weighted by atomic mass is 10.1. The molecule has 0 spiro atoms. The largest absolute Gasteiger partial charge is 0.462 e. The molecule has 0 saturated carbocycles. The molecule has 6 nitrogen and oxygen atoms in total. The van der Waals surface area contributed by atoms with Gasteiger partial charge >= 0.3 is 17.9 Å². The standard InChI is InChI=1S/C63H108O6/c1-4-7-10-13-16-19-22-25-28-30-31-33-35-38-41-44-47-50-53-56-62(65)68-59-60(58-67-61(64)55-52-49-46-43-40-37-34-27-24-21-18-15-12-9-6-3)69-63(66)57-54-51-48-45-42-39-36-32-29-26-23-20-17-14-11-8-5-2/h16-21,25-29,34,40,43,60H,4-15,22-24,30-33,35-39,41-42,44-59H2,1-3H3/b19-16-,20-17-,21-18-,28-25-,29-26-,34-27-,43-40-/t60-/m1/s1. The van der Waals surface area contributed by atoms with E-state index in [-0.39, 0.29) is 31.1 Å². The van der Waals surface area contributed by atoms with E-state index in [0.717, 1.165) is 89.9 Å². The maximum absolute atomic E-state index is 12.9. The number of carbonyl (C=O) groups is 3. The van der Waals surface area contributed by atoms with Gasteiger partial charge in [-0.3, -0.25) is 14.4 Å². The molecule has 0 radical (unpaired) electrons. The van der Waals surface area contributed by atoms with Gasteiger partial charge in [-0.15, -0.1) is 0 Å². The molecule has 396 valence electrons. The van der Waals surface area contributed by atoms with Crippen molar-refractivity contribution in [2.45, 2.75) is 284 Å². The number of hydrogen-bond acceptors (Lipinski definition) is 6. The molecule has 6 heteroatoms. The van der Waals surface area contributed by atoms with Crippen LogP contribution in [0.1, 0.15) is 278 Å². The SMILES string of the molecule is CCCCC/C=C\C/C=C\C/C=C\CCCCC(=O)OC[C@H](COC(=O)CCCCCCCCCCC/C=C\C/C=C\CCCCC)OC(=O)CCCCCCCCC/C=C\C/C=C\CCCCC. The molecule has 0 aliphatic heterocycles. The van der Waals surface area contributed by atoms with Gasteiger partial charge in [0.1, 0.15) is 13.2 Å². The summed E-state index contributed by atoms with van der Waals surface area (Å²) >= 11 is 0. The molecule has 0 amide bonds. The summed E-state index contributed by atoms with van der Waals surface area (Å²) in [6.45, 7) is 6.53. The molecule has 1 atom stereocenters. The molecule has 0 aromatic rings. The Bertz CT molecular complexity index is 1330. The molecule has 0 aliphatic rings. The van der Waals surface area contributed by atoms with E-state index >= 15 is 0 Å². The van der Waals surface area contributed by atoms with E-state index in [0.29, 0.717) is 19.3 Å². The summed E-state index contributed by atoms with van der Waals surface area (Å²) in [7, 11) is 0. The molecule has 0 aliphatic carbocycles. The van der Waals surface area contributed by atoms with Crippen molar-refractivity contribution in [1.82, 2.24) is 0 Å². The van der Waals surface area contributed by atoms with Crippen LogP contribution in [0.3, 0.4) is 0 Å². The Labute approximate surface area is 426 Å². The van der Waals surface area contributed by atoms with Crippen molar-refractivity contribution in [3.05, 3.63) is 85.1 Å². The third kappa shape index (κ3) is 55.4. The van der Waals surface area contributed by atoms with Gasteiger partial charge in [-0.1, -0.05) is 221 Å². The van der Waals surface area contributed by atoms with E-state index in [1.54, 1.807) is 0 Å². The number of ether oxygens (including phenoxy) is 3. The number of allylic oxidation sites excluding steroid dienone is 14. The molecular formula is C63H108O6. The highest BCUT2D eigenvalue weighted by Crippen LogP contribution is 2.15. The highest BCUT2D eigenvalue weighted by Gasteiger charge is 2.19. The monoisotopic (exact) mass is 961 g/mol. The first-order valence-corrected chi connectivity index (χ1v) is 29.1. The fourth-order valence-corrected chi connectivity index (χ4v) is 7.92. The van der Waals surface area contributed by atoms with Crippen molar-refractivity contribution in [2.75, 3.05) is 13.2 Å². The molecule has 0 saturated heterocycles. The average Bonchev–Trinajstić information content (AvgIpc) is 3.35. The van der Waals surface area contributed by atoms with Crippen LogP contribution in [0.4, 0.5) is 0 Å². The van der Waals surface area contributed by atoms with Crippen molar-refractivity contribution in [1.29, 1.82) is 0 Å². The van der Waals surface area contributed by atoms with Crippen LogP contribution in [-0.4, -0.2) is 37.2 Å². The quantitative estimate of drug-likeness (QED) is 0.0262. The third-order valence-corrected chi connectivity index (χ3v) is 12.3. The summed E-state index contributed by atoms with van der Waals surface area (Å²) in [6.07, 6.45) is 74.2. The fraction of sp³-hybridized carbons (Fsp3) is 0.730. The normalized spacial score (nSPS) is 12.7. The summed E-state index contributed by atoms with van der Waals surface area (Å²) < 4.78 is 16.8. The van der Waals surface area contributed by atoms with Crippen LogP contribution in [0.5, 0.6) is 0 Å². The van der Waals surface area contributed by atoms with Crippen LogP contribution in [0, 0.1) is 0 Å².